The summed E-state index contributed by atoms with van der Waals surface area (Å²) in [5, 5.41) is 9.49. The third-order valence-electron chi connectivity index (χ3n) is 3.29. The maximum atomic E-state index is 14.0. The lowest BCUT2D eigenvalue weighted by molar-refractivity contribution is -0.0468. The molecule has 0 saturated carbocycles. The summed E-state index contributed by atoms with van der Waals surface area (Å²) in [6.45, 7) is 2.70. The second kappa shape index (κ2) is 6.22. The summed E-state index contributed by atoms with van der Waals surface area (Å²) in [4.78, 5) is 0. The molecule has 0 aliphatic rings. The van der Waals surface area contributed by atoms with Crippen LogP contribution in [0.5, 0.6) is 5.75 Å². The molecule has 0 aromatic heterocycles. The van der Waals surface area contributed by atoms with Crippen molar-refractivity contribution in [1.29, 1.82) is 0 Å². The molecule has 0 aliphatic heterocycles. The molecule has 0 heterocycles. The third-order valence-corrected chi connectivity index (χ3v) is 3.29. The number of benzene rings is 2. The lowest BCUT2D eigenvalue weighted by atomic mass is 10.1. The van der Waals surface area contributed by atoms with Gasteiger partial charge < -0.3 is 9.84 Å². The van der Waals surface area contributed by atoms with Crippen molar-refractivity contribution in [2.75, 3.05) is 6.61 Å². The van der Waals surface area contributed by atoms with Gasteiger partial charge in [-0.05, 0) is 37.1 Å². The Labute approximate surface area is 123 Å². The number of aliphatic hydroxyl groups is 1. The van der Waals surface area contributed by atoms with Crippen molar-refractivity contribution in [3.05, 3.63) is 65.2 Å². The Hall–Kier alpha value is -1.94. The Bertz CT molecular complexity index is 595. The molecule has 4 heteroatoms. The number of ether oxygens (including phenoxy) is 1. The first kappa shape index (κ1) is 15.4. The summed E-state index contributed by atoms with van der Waals surface area (Å²) in [5.74, 6) is -2.65. The Morgan fingerprint density at radius 2 is 1.81 bits per heavy atom. The fourth-order valence-corrected chi connectivity index (χ4v) is 2.03. The van der Waals surface area contributed by atoms with Gasteiger partial charge in [0.05, 0.1) is 6.10 Å². The Morgan fingerprint density at radius 3 is 2.38 bits per heavy atom. The summed E-state index contributed by atoms with van der Waals surface area (Å²) in [7, 11) is 0. The Kier molecular flexibility index (Phi) is 4.58. The minimum absolute atomic E-state index is 0.0664. The Morgan fingerprint density at radius 1 is 1.14 bits per heavy atom. The zero-order chi connectivity index (χ0) is 15.5. The minimum Gasteiger partial charge on any atom is -0.487 e. The van der Waals surface area contributed by atoms with E-state index in [9.17, 15) is 13.9 Å². The highest BCUT2D eigenvalue weighted by atomic mass is 19.3. The van der Waals surface area contributed by atoms with E-state index < -0.39 is 18.6 Å². The SMILES string of the molecule is Cc1cc([C@H](C)O)ccc1OCC(F)(F)c1ccccc1. The number of aryl methyl sites for hydroxylation is 1. The van der Waals surface area contributed by atoms with Crippen molar-refractivity contribution in [3.8, 4) is 5.75 Å². The molecule has 112 valence electrons. The van der Waals surface area contributed by atoms with Crippen LogP contribution in [0.1, 0.15) is 29.7 Å². The minimum atomic E-state index is -3.04. The van der Waals surface area contributed by atoms with Gasteiger partial charge >= 0.3 is 5.92 Å². The maximum Gasteiger partial charge on any atom is 0.306 e. The van der Waals surface area contributed by atoms with Crippen molar-refractivity contribution < 1.29 is 18.6 Å². The van der Waals surface area contributed by atoms with Gasteiger partial charge in [0.2, 0.25) is 0 Å². The summed E-state index contributed by atoms with van der Waals surface area (Å²) in [6, 6.07) is 12.6. The highest BCUT2D eigenvalue weighted by Gasteiger charge is 2.32. The first-order valence-corrected chi connectivity index (χ1v) is 6.75. The molecule has 21 heavy (non-hydrogen) atoms. The van der Waals surface area contributed by atoms with Gasteiger partial charge in [-0.25, -0.2) is 0 Å². The van der Waals surface area contributed by atoms with Gasteiger partial charge in [-0.15, -0.1) is 0 Å². The summed E-state index contributed by atoms with van der Waals surface area (Å²) >= 11 is 0. The number of hydrogen-bond acceptors (Lipinski definition) is 2. The first-order valence-electron chi connectivity index (χ1n) is 6.75. The van der Waals surface area contributed by atoms with Crippen LogP contribution in [-0.4, -0.2) is 11.7 Å². The average Bonchev–Trinajstić information content (AvgIpc) is 2.46. The predicted octanol–water partition coefficient (Wildman–Crippen LogP) is 4.22. The Balaban J connectivity index is 2.09. The van der Waals surface area contributed by atoms with E-state index in [0.717, 1.165) is 11.1 Å². The van der Waals surface area contributed by atoms with Crippen molar-refractivity contribution in [2.45, 2.75) is 25.9 Å². The number of alkyl halides is 2. The number of rotatable bonds is 5. The fraction of sp³-hybridized carbons (Fsp3) is 0.294. The largest absolute Gasteiger partial charge is 0.487 e. The molecule has 0 amide bonds. The van der Waals surface area contributed by atoms with Crippen LogP contribution < -0.4 is 4.74 Å². The molecule has 2 nitrogen and oxygen atoms in total. The fourth-order valence-electron chi connectivity index (χ4n) is 2.03. The van der Waals surface area contributed by atoms with Crippen molar-refractivity contribution in [3.63, 3.8) is 0 Å². The lowest BCUT2D eigenvalue weighted by Gasteiger charge is -2.19. The number of hydrogen-bond donors (Lipinski definition) is 1. The summed E-state index contributed by atoms with van der Waals surface area (Å²) in [6.07, 6.45) is -0.594. The molecule has 1 atom stereocenters. The zero-order valence-electron chi connectivity index (χ0n) is 12.0. The van der Waals surface area contributed by atoms with Crippen LogP contribution in [0.15, 0.2) is 48.5 Å². The number of halogens is 2. The third kappa shape index (κ3) is 3.79. The molecule has 0 bridgehead atoms. The smallest absolute Gasteiger partial charge is 0.306 e. The maximum absolute atomic E-state index is 14.0. The summed E-state index contributed by atoms with van der Waals surface area (Å²) in [5.41, 5.74) is 1.38. The number of aliphatic hydroxyl groups excluding tert-OH is 1. The van der Waals surface area contributed by atoms with E-state index in [1.807, 2.05) is 0 Å². The average molecular weight is 292 g/mol. The molecule has 0 saturated heterocycles. The van der Waals surface area contributed by atoms with Gasteiger partial charge in [-0.2, -0.15) is 8.78 Å². The van der Waals surface area contributed by atoms with E-state index in [1.54, 1.807) is 50.2 Å². The van der Waals surface area contributed by atoms with Crippen molar-refractivity contribution >= 4 is 0 Å². The van der Waals surface area contributed by atoms with Gasteiger partial charge in [-0.1, -0.05) is 36.4 Å². The highest BCUT2D eigenvalue weighted by Crippen LogP contribution is 2.30. The van der Waals surface area contributed by atoms with Gasteiger partial charge in [0.25, 0.3) is 0 Å². The van der Waals surface area contributed by atoms with Gasteiger partial charge in [-0.3, -0.25) is 0 Å². The molecule has 0 radical (unpaired) electrons. The molecule has 0 aliphatic carbocycles. The van der Waals surface area contributed by atoms with Gasteiger partial charge in [0.15, 0.2) is 6.61 Å². The topological polar surface area (TPSA) is 29.5 Å². The van der Waals surface area contributed by atoms with Gasteiger partial charge in [0.1, 0.15) is 5.75 Å². The van der Waals surface area contributed by atoms with E-state index in [-0.39, 0.29) is 5.56 Å². The van der Waals surface area contributed by atoms with E-state index in [2.05, 4.69) is 0 Å². The molecule has 0 unspecified atom stereocenters. The second-order valence-corrected chi connectivity index (χ2v) is 5.06. The van der Waals surface area contributed by atoms with Crippen molar-refractivity contribution in [2.24, 2.45) is 0 Å². The molecule has 2 rings (SSSR count). The predicted molar refractivity (Wildman–Crippen MR) is 77.6 cm³/mol. The molecular formula is C17H18F2O2. The van der Waals surface area contributed by atoms with E-state index in [4.69, 9.17) is 4.74 Å². The van der Waals surface area contributed by atoms with Gasteiger partial charge in [0, 0.05) is 5.56 Å². The van der Waals surface area contributed by atoms with Crippen molar-refractivity contribution in [1.82, 2.24) is 0 Å². The van der Waals surface area contributed by atoms with Crippen LogP contribution in [-0.2, 0) is 5.92 Å². The summed E-state index contributed by atoms with van der Waals surface area (Å²) < 4.78 is 33.3. The molecule has 1 N–H and O–H groups in total. The molecule has 0 spiro atoms. The standard InChI is InChI=1S/C17H18F2O2/c1-12-10-14(13(2)20)8-9-16(12)21-11-17(18,19)15-6-4-3-5-7-15/h3-10,13,20H,11H2,1-2H3/t13-/m0/s1. The van der Waals surface area contributed by atoms with Crippen LogP contribution in [0.4, 0.5) is 8.78 Å². The molecule has 2 aromatic carbocycles. The monoisotopic (exact) mass is 292 g/mol. The molecule has 0 fully saturated rings. The first-order chi connectivity index (χ1) is 9.90. The molecule has 2 aromatic rings. The van der Waals surface area contributed by atoms with E-state index in [1.165, 1.54) is 12.1 Å². The van der Waals surface area contributed by atoms with Crippen LogP contribution in [0.25, 0.3) is 0 Å². The highest BCUT2D eigenvalue weighted by molar-refractivity contribution is 5.37. The van der Waals surface area contributed by atoms with E-state index >= 15 is 0 Å². The van der Waals surface area contributed by atoms with Crippen LogP contribution in [0, 0.1) is 6.92 Å². The molecular weight excluding hydrogens is 274 g/mol. The lowest BCUT2D eigenvalue weighted by Crippen LogP contribution is -2.23. The van der Waals surface area contributed by atoms with E-state index in [0.29, 0.717) is 5.75 Å². The van der Waals surface area contributed by atoms with Crippen LogP contribution in [0.3, 0.4) is 0 Å². The van der Waals surface area contributed by atoms with Crippen LogP contribution >= 0.6 is 0 Å². The normalized spacial score (nSPS) is 13.0. The van der Waals surface area contributed by atoms with Crippen LogP contribution in [0.2, 0.25) is 0 Å². The second-order valence-electron chi connectivity index (χ2n) is 5.06. The zero-order valence-corrected chi connectivity index (χ0v) is 12.0. The quantitative estimate of drug-likeness (QED) is 0.894.